The quantitative estimate of drug-likeness (QED) is 0.470. The molecule has 0 saturated carbocycles. The molecule has 7 nitrogen and oxygen atoms in total. The second-order valence-corrected chi connectivity index (χ2v) is 6.09. The van der Waals surface area contributed by atoms with Gasteiger partial charge in [0.2, 0.25) is 0 Å². The second-order valence-electron chi connectivity index (χ2n) is 6.09. The van der Waals surface area contributed by atoms with Gasteiger partial charge >= 0.3 is 0 Å². The van der Waals surface area contributed by atoms with Crippen molar-refractivity contribution >= 4 is 22.6 Å². The predicted octanol–water partition coefficient (Wildman–Crippen LogP) is 3.14. The van der Waals surface area contributed by atoms with Crippen LogP contribution in [0.2, 0.25) is 0 Å². The number of carbonyl (C=O) groups excluding carboxylic acids is 1. The Kier molecular flexibility index (Phi) is 4.82. The van der Waals surface area contributed by atoms with Crippen molar-refractivity contribution in [3.05, 3.63) is 78.3 Å². The van der Waals surface area contributed by atoms with E-state index >= 15 is 0 Å². The van der Waals surface area contributed by atoms with E-state index in [-0.39, 0.29) is 5.91 Å². The monoisotopic (exact) mass is 361 g/mol. The average Bonchev–Trinajstić information content (AvgIpc) is 3.37. The lowest BCUT2D eigenvalue weighted by Gasteiger charge is -2.07. The van der Waals surface area contributed by atoms with E-state index < -0.39 is 0 Å². The van der Waals surface area contributed by atoms with Gasteiger partial charge in [0.25, 0.3) is 5.91 Å². The molecule has 0 unspecified atom stereocenters. The molecular formula is C20H19N5O2. The summed E-state index contributed by atoms with van der Waals surface area (Å²) in [6.45, 7) is 1.02. The van der Waals surface area contributed by atoms with Crippen molar-refractivity contribution in [2.24, 2.45) is 0 Å². The zero-order chi connectivity index (χ0) is 18.5. The fourth-order valence-corrected chi connectivity index (χ4v) is 2.91. The Balaban J connectivity index is 1.34. The number of anilines is 1. The standard InChI is InChI=1S/C20H19N5O2/c26-20(23-12-15-4-3-9-27-15)18-10-19(25-13-24-18)21-8-7-14-11-22-17-6-2-1-5-16(14)17/h1-6,9-11,13,22H,7-8,12H2,(H,23,26)(H,21,24,25). The summed E-state index contributed by atoms with van der Waals surface area (Å²) in [5.41, 5.74) is 2.68. The number of carbonyl (C=O) groups is 1. The number of aromatic nitrogens is 3. The SMILES string of the molecule is O=C(NCc1ccco1)c1cc(NCCc2c[nH]c3ccccc23)ncn1. The lowest BCUT2D eigenvalue weighted by molar-refractivity contribution is 0.0943. The molecule has 0 radical (unpaired) electrons. The van der Waals surface area contributed by atoms with E-state index in [1.54, 1.807) is 24.5 Å². The molecule has 3 heterocycles. The van der Waals surface area contributed by atoms with E-state index in [2.05, 4.69) is 37.7 Å². The maximum atomic E-state index is 12.2. The predicted molar refractivity (Wildman–Crippen MR) is 102 cm³/mol. The van der Waals surface area contributed by atoms with E-state index in [0.29, 0.717) is 30.4 Å². The summed E-state index contributed by atoms with van der Waals surface area (Å²) < 4.78 is 5.20. The summed E-state index contributed by atoms with van der Waals surface area (Å²) in [5, 5.41) is 7.24. The van der Waals surface area contributed by atoms with Crippen LogP contribution in [0.4, 0.5) is 5.82 Å². The topological polar surface area (TPSA) is 95.8 Å². The summed E-state index contributed by atoms with van der Waals surface area (Å²) in [7, 11) is 0. The number of fused-ring (bicyclic) bond motifs is 1. The van der Waals surface area contributed by atoms with E-state index in [1.807, 2.05) is 18.3 Å². The third-order valence-corrected chi connectivity index (χ3v) is 4.28. The summed E-state index contributed by atoms with van der Waals surface area (Å²) in [5.74, 6) is 1.04. The van der Waals surface area contributed by atoms with Gasteiger partial charge < -0.3 is 20.0 Å². The van der Waals surface area contributed by atoms with Gasteiger partial charge in [-0.15, -0.1) is 0 Å². The van der Waals surface area contributed by atoms with Crippen LogP contribution in [0.1, 0.15) is 21.8 Å². The van der Waals surface area contributed by atoms with Crippen LogP contribution in [0.25, 0.3) is 10.9 Å². The fraction of sp³-hybridized carbons (Fsp3) is 0.150. The second kappa shape index (κ2) is 7.74. The van der Waals surface area contributed by atoms with Crippen LogP contribution in [-0.4, -0.2) is 27.4 Å². The maximum absolute atomic E-state index is 12.2. The highest BCUT2D eigenvalue weighted by Crippen LogP contribution is 2.18. The third-order valence-electron chi connectivity index (χ3n) is 4.28. The molecule has 0 saturated heterocycles. The van der Waals surface area contributed by atoms with Gasteiger partial charge in [-0.25, -0.2) is 9.97 Å². The number of nitrogens with zero attached hydrogens (tertiary/aromatic N) is 2. The Hall–Kier alpha value is -3.61. The normalized spacial score (nSPS) is 10.8. The highest BCUT2D eigenvalue weighted by molar-refractivity contribution is 5.92. The van der Waals surface area contributed by atoms with Crippen LogP contribution < -0.4 is 10.6 Å². The molecule has 3 N–H and O–H groups in total. The minimum atomic E-state index is -0.270. The number of para-hydroxylation sites is 1. The molecule has 0 atom stereocenters. The Morgan fingerprint density at radius 2 is 2.07 bits per heavy atom. The number of amides is 1. The Morgan fingerprint density at radius 1 is 1.15 bits per heavy atom. The van der Waals surface area contributed by atoms with Crippen LogP contribution in [0, 0.1) is 0 Å². The number of aromatic amines is 1. The molecule has 4 aromatic rings. The molecular weight excluding hydrogens is 342 g/mol. The molecule has 0 bridgehead atoms. The van der Waals surface area contributed by atoms with E-state index in [9.17, 15) is 4.79 Å². The van der Waals surface area contributed by atoms with Gasteiger partial charge in [0.15, 0.2) is 0 Å². The van der Waals surface area contributed by atoms with Crippen LogP contribution >= 0.6 is 0 Å². The molecule has 0 fully saturated rings. The van der Waals surface area contributed by atoms with Gasteiger partial charge in [-0.3, -0.25) is 4.79 Å². The van der Waals surface area contributed by atoms with E-state index in [4.69, 9.17) is 4.42 Å². The van der Waals surface area contributed by atoms with Gasteiger partial charge in [0.1, 0.15) is 23.6 Å². The molecule has 0 aliphatic heterocycles. The molecule has 0 aliphatic rings. The number of H-pyrrole nitrogens is 1. The molecule has 4 rings (SSSR count). The van der Waals surface area contributed by atoms with Crippen LogP contribution in [-0.2, 0) is 13.0 Å². The van der Waals surface area contributed by atoms with Gasteiger partial charge in [0.05, 0.1) is 12.8 Å². The van der Waals surface area contributed by atoms with Crippen LogP contribution in [0.15, 0.2) is 65.7 Å². The average molecular weight is 361 g/mol. The van der Waals surface area contributed by atoms with E-state index in [0.717, 1.165) is 11.9 Å². The minimum absolute atomic E-state index is 0.270. The Bertz CT molecular complexity index is 1040. The zero-order valence-electron chi connectivity index (χ0n) is 14.6. The summed E-state index contributed by atoms with van der Waals surface area (Å²) in [6.07, 6.45) is 5.83. The zero-order valence-corrected chi connectivity index (χ0v) is 14.6. The number of rotatable bonds is 7. The van der Waals surface area contributed by atoms with Crippen molar-refractivity contribution in [2.75, 3.05) is 11.9 Å². The third kappa shape index (κ3) is 3.98. The van der Waals surface area contributed by atoms with Crippen molar-refractivity contribution in [1.82, 2.24) is 20.3 Å². The highest BCUT2D eigenvalue weighted by atomic mass is 16.3. The smallest absolute Gasteiger partial charge is 0.270 e. The molecule has 27 heavy (non-hydrogen) atoms. The molecule has 136 valence electrons. The summed E-state index contributed by atoms with van der Waals surface area (Å²) in [6, 6.07) is 13.4. The number of nitrogens with one attached hydrogen (secondary N) is 3. The van der Waals surface area contributed by atoms with Crippen LogP contribution in [0.3, 0.4) is 0 Å². The highest BCUT2D eigenvalue weighted by Gasteiger charge is 2.09. The van der Waals surface area contributed by atoms with Crippen LogP contribution in [0.5, 0.6) is 0 Å². The number of furan rings is 1. The molecule has 0 aliphatic carbocycles. The minimum Gasteiger partial charge on any atom is -0.467 e. The number of benzene rings is 1. The van der Waals surface area contributed by atoms with Gasteiger partial charge in [0, 0.05) is 29.7 Å². The molecule has 7 heteroatoms. The number of hydrogen-bond acceptors (Lipinski definition) is 5. The van der Waals surface area contributed by atoms with Gasteiger partial charge in [-0.05, 0) is 30.2 Å². The Morgan fingerprint density at radius 3 is 2.96 bits per heavy atom. The molecule has 1 amide bonds. The lowest BCUT2D eigenvalue weighted by Crippen LogP contribution is -2.24. The van der Waals surface area contributed by atoms with Crippen molar-refractivity contribution < 1.29 is 9.21 Å². The first-order valence-electron chi connectivity index (χ1n) is 8.71. The van der Waals surface area contributed by atoms with E-state index in [1.165, 1.54) is 17.3 Å². The largest absolute Gasteiger partial charge is 0.467 e. The maximum Gasteiger partial charge on any atom is 0.270 e. The molecule has 1 aromatic carbocycles. The molecule has 3 aromatic heterocycles. The van der Waals surface area contributed by atoms with Crippen molar-refractivity contribution in [1.29, 1.82) is 0 Å². The first kappa shape index (κ1) is 16.8. The van der Waals surface area contributed by atoms with Gasteiger partial charge in [-0.1, -0.05) is 18.2 Å². The summed E-state index contributed by atoms with van der Waals surface area (Å²) in [4.78, 5) is 23.7. The van der Waals surface area contributed by atoms with Crippen molar-refractivity contribution in [2.45, 2.75) is 13.0 Å². The summed E-state index contributed by atoms with van der Waals surface area (Å²) >= 11 is 0. The number of hydrogen-bond donors (Lipinski definition) is 3. The lowest BCUT2D eigenvalue weighted by atomic mass is 10.1. The molecule has 0 spiro atoms. The fourth-order valence-electron chi connectivity index (χ4n) is 2.91. The Labute approximate surface area is 155 Å². The van der Waals surface area contributed by atoms with Crippen molar-refractivity contribution in [3.8, 4) is 0 Å². The first-order valence-corrected chi connectivity index (χ1v) is 8.71. The van der Waals surface area contributed by atoms with Crippen molar-refractivity contribution in [3.63, 3.8) is 0 Å². The first-order chi connectivity index (χ1) is 13.3. The van der Waals surface area contributed by atoms with Gasteiger partial charge in [-0.2, -0.15) is 0 Å².